The number of primary amides is 1. The molecule has 0 fully saturated rings. The van der Waals surface area contributed by atoms with Crippen molar-refractivity contribution in [1.82, 2.24) is 19.4 Å². The van der Waals surface area contributed by atoms with E-state index in [9.17, 15) is 14.8 Å². The highest BCUT2D eigenvalue weighted by atomic mass is 16.4. The molecule has 0 spiro atoms. The number of carbonyl (C=O) groups is 1. The average Bonchev–Trinajstić information content (AvgIpc) is 3.13. The van der Waals surface area contributed by atoms with E-state index < -0.39 is 13.0 Å². The lowest BCUT2D eigenvalue weighted by molar-refractivity contribution is 0.100. The molecule has 0 saturated carbocycles. The average molecular weight is 456 g/mol. The summed E-state index contributed by atoms with van der Waals surface area (Å²) >= 11 is 0. The molecular weight excluding hydrogens is 431 g/mol. The van der Waals surface area contributed by atoms with Crippen LogP contribution in [0.2, 0.25) is 0 Å². The summed E-state index contributed by atoms with van der Waals surface area (Å²) in [5.74, 6) is 1.25. The Morgan fingerprint density at radius 1 is 1.12 bits per heavy atom. The molecule has 5 N–H and O–H groups in total. The number of aromatic nitrogens is 4. The quantitative estimate of drug-likeness (QED) is 0.254. The summed E-state index contributed by atoms with van der Waals surface area (Å²) < 4.78 is 1.79. The third-order valence-corrected chi connectivity index (χ3v) is 6.18. The Kier molecular flexibility index (Phi) is 6.00. The van der Waals surface area contributed by atoms with Crippen molar-refractivity contribution >= 4 is 29.8 Å². The Morgan fingerprint density at radius 3 is 2.79 bits per heavy atom. The van der Waals surface area contributed by atoms with E-state index in [0.717, 1.165) is 54.7 Å². The summed E-state index contributed by atoms with van der Waals surface area (Å²) in [5, 5.41) is 22.4. The van der Waals surface area contributed by atoms with E-state index in [1.807, 2.05) is 12.3 Å². The van der Waals surface area contributed by atoms with E-state index in [1.165, 1.54) is 0 Å². The second-order valence-electron chi connectivity index (χ2n) is 8.48. The number of nitrogens with one attached hydrogen (secondary N) is 1. The van der Waals surface area contributed by atoms with Gasteiger partial charge in [0, 0.05) is 24.0 Å². The number of fused-ring (bicyclic) bond motifs is 2. The number of anilines is 1. The van der Waals surface area contributed by atoms with Gasteiger partial charge in [-0.1, -0.05) is 30.7 Å². The third kappa shape index (κ3) is 4.25. The molecule has 1 aliphatic rings. The Bertz CT molecular complexity index is 1370. The summed E-state index contributed by atoms with van der Waals surface area (Å²) in [7, 11) is -1.51. The second-order valence-corrected chi connectivity index (χ2v) is 8.48. The molecule has 34 heavy (non-hydrogen) atoms. The predicted molar refractivity (Wildman–Crippen MR) is 130 cm³/mol. The highest BCUT2D eigenvalue weighted by Gasteiger charge is 2.21. The van der Waals surface area contributed by atoms with Crippen molar-refractivity contribution in [2.75, 3.05) is 5.32 Å². The standard InChI is InChI=1S/C24H25BN6O3/c26-21(32)18-9-5-11-31-20(18)14-28-24(31)23-29-19-10-3-1-2-8-17(19)22(30-23)27-13-15-6-4-7-16(12-15)25(33)34/h4-7,9,11-12,14,33-34H,1-3,8,10,13H2,(H2,26,32)(H,27,29,30). The molecule has 172 valence electrons. The fourth-order valence-electron chi connectivity index (χ4n) is 4.46. The summed E-state index contributed by atoms with van der Waals surface area (Å²) in [6.07, 6.45) is 8.46. The summed E-state index contributed by atoms with van der Waals surface area (Å²) in [4.78, 5) is 26.1. The van der Waals surface area contributed by atoms with Crippen LogP contribution in [0.4, 0.5) is 5.82 Å². The molecule has 0 bridgehead atoms. The molecule has 1 aliphatic carbocycles. The number of benzene rings is 1. The minimum Gasteiger partial charge on any atom is -0.423 e. The van der Waals surface area contributed by atoms with Crippen LogP contribution in [0.25, 0.3) is 17.2 Å². The number of rotatable bonds is 6. The van der Waals surface area contributed by atoms with E-state index in [1.54, 1.807) is 40.9 Å². The Morgan fingerprint density at radius 2 is 1.97 bits per heavy atom. The first-order valence-corrected chi connectivity index (χ1v) is 11.4. The number of pyridine rings is 1. The van der Waals surface area contributed by atoms with Gasteiger partial charge in [0.25, 0.3) is 5.91 Å². The van der Waals surface area contributed by atoms with Crippen LogP contribution in [0.1, 0.15) is 46.4 Å². The highest BCUT2D eigenvalue weighted by molar-refractivity contribution is 6.58. The maximum Gasteiger partial charge on any atom is 0.488 e. The van der Waals surface area contributed by atoms with Crippen LogP contribution in [0.3, 0.4) is 0 Å². The zero-order chi connectivity index (χ0) is 23.7. The molecule has 3 heterocycles. The summed E-state index contributed by atoms with van der Waals surface area (Å²) in [5.41, 5.74) is 9.99. The molecule has 0 aliphatic heterocycles. The van der Waals surface area contributed by atoms with Crippen molar-refractivity contribution in [2.45, 2.75) is 38.6 Å². The van der Waals surface area contributed by atoms with Gasteiger partial charge in [0.1, 0.15) is 5.82 Å². The molecule has 0 saturated heterocycles. The Balaban J connectivity index is 1.55. The molecule has 10 heteroatoms. The Labute approximate surface area is 196 Å². The van der Waals surface area contributed by atoms with E-state index in [4.69, 9.17) is 15.7 Å². The fourth-order valence-corrected chi connectivity index (χ4v) is 4.46. The SMILES string of the molecule is NC(=O)c1cccn2c(-c3nc4c(c(NCc5cccc(B(O)O)c5)n3)CCCCC4)ncc12. The van der Waals surface area contributed by atoms with E-state index in [2.05, 4.69) is 10.3 Å². The monoisotopic (exact) mass is 456 g/mol. The molecule has 3 aromatic heterocycles. The lowest BCUT2D eigenvalue weighted by Gasteiger charge is -2.15. The number of imidazole rings is 1. The van der Waals surface area contributed by atoms with Gasteiger partial charge < -0.3 is 21.1 Å². The van der Waals surface area contributed by atoms with Gasteiger partial charge in [-0.15, -0.1) is 0 Å². The van der Waals surface area contributed by atoms with Crippen LogP contribution < -0.4 is 16.5 Å². The van der Waals surface area contributed by atoms with Crippen molar-refractivity contribution in [3.05, 3.63) is 71.2 Å². The first-order chi connectivity index (χ1) is 16.5. The van der Waals surface area contributed by atoms with Crippen molar-refractivity contribution in [2.24, 2.45) is 5.73 Å². The molecule has 0 radical (unpaired) electrons. The zero-order valence-electron chi connectivity index (χ0n) is 18.6. The van der Waals surface area contributed by atoms with E-state index >= 15 is 0 Å². The maximum atomic E-state index is 11.8. The number of hydrogen-bond donors (Lipinski definition) is 4. The summed E-state index contributed by atoms with van der Waals surface area (Å²) in [6.45, 7) is 0.470. The highest BCUT2D eigenvalue weighted by Crippen LogP contribution is 2.28. The van der Waals surface area contributed by atoms with Crippen LogP contribution in [-0.4, -0.2) is 42.4 Å². The van der Waals surface area contributed by atoms with Crippen molar-refractivity contribution in [3.8, 4) is 11.6 Å². The van der Waals surface area contributed by atoms with Gasteiger partial charge >= 0.3 is 7.12 Å². The smallest absolute Gasteiger partial charge is 0.423 e. The first kappa shape index (κ1) is 22.1. The zero-order valence-corrected chi connectivity index (χ0v) is 18.6. The van der Waals surface area contributed by atoms with E-state index in [-0.39, 0.29) is 0 Å². The maximum absolute atomic E-state index is 11.8. The van der Waals surface area contributed by atoms with Crippen LogP contribution in [0, 0.1) is 0 Å². The summed E-state index contributed by atoms with van der Waals surface area (Å²) in [6, 6.07) is 10.6. The normalized spacial score (nSPS) is 13.4. The molecule has 0 atom stereocenters. The first-order valence-electron chi connectivity index (χ1n) is 11.4. The number of hydrogen-bond acceptors (Lipinski definition) is 7. The van der Waals surface area contributed by atoms with Gasteiger partial charge in [0.15, 0.2) is 11.6 Å². The minimum absolute atomic E-state index is 0.389. The lowest BCUT2D eigenvalue weighted by atomic mass is 9.79. The van der Waals surface area contributed by atoms with Crippen LogP contribution in [0.5, 0.6) is 0 Å². The van der Waals surface area contributed by atoms with E-state index in [0.29, 0.717) is 34.7 Å². The number of nitrogens with two attached hydrogens (primary N) is 1. The van der Waals surface area contributed by atoms with Gasteiger partial charge in [-0.25, -0.2) is 15.0 Å². The van der Waals surface area contributed by atoms with Crippen LogP contribution in [-0.2, 0) is 19.4 Å². The number of nitrogens with zero attached hydrogens (tertiary/aromatic N) is 4. The number of amides is 1. The largest absolute Gasteiger partial charge is 0.488 e. The van der Waals surface area contributed by atoms with Gasteiger partial charge in [-0.2, -0.15) is 0 Å². The Hall–Kier alpha value is -3.76. The third-order valence-electron chi connectivity index (χ3n) is 6.18. The predicted octanol–water partition coefficient (Wildman–Crippen LogP) is 1.45. The van der Waals surface area contributed by atoms with Crippen molar-refractivity contribution < 1.29 is 14.8 Å². The van der Waals surface area contributed by atoms with Crippen molar-refractivity contribution in [3.63, 3.8) is 0 Å². The van der Waals surface area contributed by atoms with Crippen molar-refractivity contribution in [1.29, 1.82) is 0 Å². The van der Waals surface area contributed by atoms with Gasteiger partial charge in [0.2, 0.25) is 0 Å². The van der Waals surface area contributed by atoms with Gasteiger partial charge in [0.05, 0.1) is 17.3 Å². The molecule has 9 nitrogen and oxygen atoms in total. The minimum atomic E-state index is -1.51. The number of aryl methyl sites for hydroxylation is 1. The molecule has 4 aromatic rings. The molecule has 5 rings (SSSR count). The van der Waals surface area contributed by atoms with Gasteiger partial charge in [-0.05, 0) is 48.8 Å². The number of carbonyl (C=O) groups excluding carboxylic acids is 1. The van der Waals surface area contributed by atoms with Crippen LogP contribution >= 0.6 is 0 Å². The lowest BCUT2D eigenvalue weighted by Crippen LogP contribution is -2.30. The topological polar surface area (TPSA) is 139 Å². The second kappa shape index (κ2) is 9.24. The van der Waals surface area contributed by atoms with Gasteiger partial charge in [-0.3, -0.25) is 9.20 Å². The molecular formula is C24H25BN6O3. The fraction of sp³-hybridized carbons (Fsp3) is 0.250. The molecule has 1 aromatic carbocycles. The molecule has 0 unspecified atom stereocenters. The molecule has 1 amide bonds. The van der Waals surface area contributed by atoms with Crippen LogP contribution in [0.15, 0.2) is 48.8 Å².